The van der Waals surface area contributed by atoms with Gasteiger partial charge >= 0.3 is 0 Å². The molecule has 0 saturated carbocycles. The van der Waals surface area contributed by atoms with Gasteiger partial charge in [0.2, 0.25) is 0 Å². The van der Waals surface area contributed by atoms with Crippen LogP contribution in [0.25, 0.3) is 10.2 Å². The predicted octanol–water partition coefficient (Wildman–Crippen LogP) is 8.52. The highest BCUT2D eigenvalue weighted by atomic mass is 32.1. The molecule has 0 amide bonds. The maximum absolute atomic E-state index is 12.3. The van der Waals surface area contributed by atoms with E-state index in [2.05, 4.69) is 24.1 Å². The summed E-state index contributed by atoms with van der Waals surface area (Å²) in [5.74, 6) is 0.207. The van der Waals surface area contributed by atoms with Gasteiger partial charge in [0, 0.05) is 6.42 Å². The van der Waals surface area contributed by atoms with E-state index in [0.717, 1.165) is 23.1 Å². The zero-order valence-corrected chi connectivity index (χ0v) is 18.4. The summed E-state index contributed by atoms with van der Waals surface area (Å²) < 4.78 is 1.11. The van der Waals surface area contributed by atoms with Gasteiger partial charge in [-0.1, -0.05) is 82.6 Å². The Bertz CT molecular complexity index is 670. The fraction of sp³-hybridized carbons (Fsp3) is 0.600. The van der Waals surface area contributed by atoms with Crippen molar-refractivity contribution in [3.05, 3.63) is 41.4 Å². The summed E-state index contributed by atoms with van der Waals surface area (Å²) >= 11 is 1.52. The Kier molecular flexibility index (Phi) is 11.8. The molecular formula is C25H37NOS. The highest BCUT2D eigenvalue weighted by molar-refractivity contribution is 7.20. The van der Waals surface area contributed by atoms with Crippen LogP contribution in [0.5, 0.6) is 0 Å². The Labute approximate surface area is 175 Å². The first-order valence-corrected chi connectivity index (χ1v) is 12.2. The molecular weight excluding hydrogens is 362 g/mol. The molecule has 0 radical (unpaired) electrons. The average Bonchev–Trinajstić information content (AvgIpc) is 3.15. The normalized spacial score (nSPS) is 11.6. The first-order valence-electron chi connectivity index (χ1n) is 11.3. The van der Waals surface area contributed by atoms with Gasteiger partial charge in [-0.25, -0.2) is 4.98 Å². The van der Waals surface area contributed by atoms with Crippen LogP contribution in [0.4, 0.5) is 0 Å². The second-order valence-corrected chi connectivity index (χ2v) is 8.77. The number of carbonyl (C=O) groups excluding carboxylic acids is 1. The maximum Gasteiger partial charge on any atom is 0.191 e. The molecule has 2 aromatic rings. The molecule has 0 N–H and O–H groups in total. The van der Waals surface area contributed by atoms with Crippen molar-refractivity contribution in [1.82, 2.24) is 4.98 Å². The molecule has 0 aliphatic heterocycles. The molecule has 0 unspecified atom stereocenters. The molecule has 28 heavy (non-hydrogen) atoms. The van der Waals surface area contributed by atoms with Gasteiger partial charge in [-0.05, 0) is 44.2 Å². The third-order valence-corrected chi connectivity index (χ3v) is 6.28. The molecule has 1 aromatic carbocycles. The van der Waals surface area contributed by atoms with Crippen LogP contribution in [0.2, 0.25) is 0 Å². The summed E-state index contributed by atoms with van der Waals surface area (Å²) in [4.78, 5) is 16.7. The van der Waals surface area contributed by atoms with Crippen LogP contribution in [-0.4, -0.2) is 10.8 Å². The summed E-state index contributed by atoms with van der Waals surface area (Å²) in [6.45, 7) is 2.27. The minimum Gasteiger partial charge on any atom is -0.292 e. The van der Waals surface area contributed by atoms with Crippen LogP contribution < -0.4 is 0 Å². The number of thiazole rings is 1. The number of unbranched alkanes of at least 4 members (excludes halogenated alkanes) is 11. The molecule has 0 aliphatic rings. The number of hydrogen-bond donors (Lipinski definition) is 0. The standard InChI is InChI=1S/C25H37NOS/c1-2-3-4-5-6-7-8-9-10-11-12-13-14-15-16-20-23(27)25-26-22-19-17-18-21-24(22)28-25/h9-10,17-19,21H,2-8,11-16,20H2,1H3. The van der Waals surface area contributed by atoms with E-state index in [4.69, 9.17) is 0 Å². The second-order valence-electron chi connectivity index (χ2n) is 7.74. The topological polar surface area (TPSA) is 30.0 Å². The smallest absolute Gasteiger partial charge is 0.191 e. The molecule has 2 rings (SSSR count). The van der Waals surface area contributed by atoms with Gasteiger partial charge in [0.1, 0.15) is 0 Å². The Morgan fingerprint density at radius 1 is 0.857 bits per heavy atom. The lowest BCUT2D eigenvalue weighted by Gasteiger charge is -2.00. The van der Waals surface area contributed by atoms with Crippen molar-refractivity contribution >= 4 is 27.3 Å². The number of fused-ring (bicyclic) bond motifs is 1. The summed E-state index contributed by atoms with van der Waals surface area (Å²) in [5, 5.41) is 0.678. The van der Waals surface area contributed by atoms with Gasteiger partial charge in [0.15, 0.2) is 10.8 Å². The van der Waals surface area contributed by atoms with Crippen molar-refractivity contribution in [3.8, 4) is 0 Å². The average molecular weight is 400 g/mol. The first-order chi connectivity index (χ1) is 13.8. The maximum atomic E-state index is 12.3. The number of rotatable bonds is 16. The van der Waals surface area contributed by atoms with E-state index in [0.29, 0.717) is 11.4 Å². The molecule has 0 spiro atoms. The molecule has 0 bridgehead atoms. The predicted molar refractivity (Wildman–Crippen MR) is 123 cm³/mol. The number of aromatic nitrogens is 1. The third kappa shape index (κ3) is 9.14. The van der Waals surface area contributed by atoms with Crippen LogP contribution in [0.3, 0.4) is 0 Å². The Morgan fingerprint density at radius 3 is 2.14 bits per heavy atom. The van der Waals surface area contributed by atoms with E-state index in [1.807, 2.05) is 24.3 Å². The van der Waals surface area contributed by atoms with Gasteiger partial charge in [-0.2, -0.15) is 0 Å². The lowest BCUT2D eigenvalue weighted by Crippen LogP contribution is -1.97. The van der Waals surface area contributed by atoms with Crippen molar-refractivity contribution in [2.24, 2.45) is 0 Å². The number of benzene rings is 1. The second kappa shape index (κ2) is 14.5. The van der Waals surface area contributed by atoms with E-state index >= 15 is 0 Å². The molecule has 1 aromatic heterocycles. The first kappa shape index (κ1) is 22.8. The van der Waals surface area contributed by atoms with E-state index in [9.17, 15) is 4.79 Å². The van der Waals surface area contributed by atoms with E-state index in [1.54, 1.807) is 0 Å². The van der Waals surface area contributed by atoms with Crippen molar-refractivity contribution in [2.75, 3.05) is 0 Å². The summed E-state index contributed by atoms with van der Waals surface area (Å²) in [7, 11) is 0. The number of hydrogen-bond acceptors (Lipinski definition) is 3. The minimum absolute atomic E-state index is 0.207. The van der Waals surface area contributed by atoms with E-state index in [1.165, 1.54) is 82.0 Å². The molecule has 0 fully saturated rings. The van der Waals surface area contributed by atoms with Crippen LogP contribution in [-0.2, 0) is 0 Å². The summed E-state index contributed by atoms with van der Waals surface area (Å²) in [5.41, 5.74) is 0.945. The quantitative estimate of drug-likeness (QED) is 0.161. The third-order valence-electron chi connectivity index (χ3n) is 5.20. The number of para-hydroxylation sites is 1. The lowest BCUT2D eigenvalue weighted by molar-refractivity contribution is 0.0979. The molecule has 3 heteroatoms. The molecule has 2 nitrogen and oxygen atoms in total. The van der Waals surface area contributed by atoms with E-state index < -0.39 is 0 Å². The van der Waals surface area contributed by atoms with Crippen molar-refractivity contribution in [2.45, 2.75) is 96.8 Å². The van der Waals surface area contributed by atoms with Gasteiger partial charge in [-0.15, -0.1) is 11.3 Å². The number of carbonyl (C=O) groups is 1. The fourth-order valence-corrected chi connectivity index (χ4v) is 4.39. The number of Topliss-reactive ketones (excluding diaryl/α,β-unsaturated/α-hetero) is 1. The van der Waals surface area contributed by atoms with Gasteiger partial charge in [0.05, 0.1) is 10.2 Å². The SMILES string of the molecule is CCCCCCCCC=CCCCCCCCC(=O)c1nc2ccccc2s1. The van der Waals surface area contributed by atoms with Gasteiger partial charge in [-0.3, -0.25) is 4.79 Å². The highest BCUT2D eigenvalue weighted by Gasteiger charge is 2.11. The zero-order valence-electron chi connectivity index (χ0n) is 17.6. The molecule has 154 valence electrons. The molecule has 0 aliphatic carbocycles. The van der Waals surface area contributed by atoms with Crippen LogP contribution >= 0.6 is 11.3 Å². The minimum atomic E-state index is 0.207. The van der Waals surface area contributed by atoms with E-state index in [-0.39, 0.29) is 5.78 Å². The van der Waals surface area contributed by atoms with Crippen LogP contribution in [0, 0.1) is 0 Å². The van der Waals surface area contributed by atoms with Gasteiger partial charge < -0.3 is 0 Å². The number of nitrogens with zero attached hydrogens (tertiary/aromatic N) is 1. The monoisotopic (exact) mass is 399 g/mol. The van der Waals surface area contributed by atoms with Crippen molar-refractivity contribution < 1.29 is 4.79 Å². The lowest BCUT2D eigenvalue weighted by atomic mass is 10.1. The number of ketones is 1. The fourth-order valence-electron chi connectivity index (χ4n) is 3.45. The van der Waals surface area contributed by atoms with Crippen LogP contribution in [0.1, 0.15) is 107 Å². The van der Waals surface area contributed by atoms with Crippen molar-refractivity contribution in [3.63, 3.8) is 0 Å². The largest absolute Gasteiger partial charge is 0.292 e. The molecule has 0 atom stereocenters. The molecule has 1 heterocycles. The summed E-state index contributed by atoms with van der Waals surface area (Å²) in [6, 6.07) is 7.98. The van der Waals surface area contributed by atoms with Crippen molar-refractivity contribution in [1.29, 1.82) is 0 Å². The van der Waals surface area contributed by atoms with Crippen LogP contribution in [0.15, 0.2) is 36.4 Å². The number of allylic oxidation sites excluding steroid dienone is 2. The highest BCUT2D eigenvalue weighted by Crippen LogP contribution is 2.23. The Balaban J connectivity index is 1.42. The summed E-state index contributed by atoms with van der Waals surface area (Å²) in [6.07, 6.45) is 22.0. The molecule has 0 saturated heterocycles. The Hall–Kier alpha value is -1.48. The van der Waals surface area contributed by atoms with Gasteiger partial charge in [0.25, 0.3) is 0 Å². The Morgan fingerprint density at radius 2 is 1.46 bits per heavy atom. The zero-order chi connectivity index (χ0) is 19.9.